The van der Waals surface area contributed by atoms with Crippen LogP contribution in [0.15, 0.2) is 0 Å². The Labute approximate surface area is 159 Å². The molecule has 0 saturated carbocycles. The van der Waals surface area contributed by atoms with Gasteiger partial charge in [-0.25, -0.2) is 0 Å². The van der Waals surface area contributed by atoms with E-state index in [4.69, 9.17) is 23.7 Å². The van der Waals surface area contributed by atoms with Gasteiger partial charge in [0.15, 0.2) is 18.9 Å². The number of aliphatic hydroxyl groups is 8. The molecule has 0 aromatic heterocycles. The molecule has 0 unspecified atom stereocenters. The maximum Gasteiger partial charge on any atom is 0.186 e. The van der Waals surface area contributed by atoms with Gasteiger partial charge in [0.1, 0.15) is 54.9 Å². The summed E-state index contributed by atoms with van der Waals surface area (Å²) in [6, 6.07) is 0. The molecule has 0 radical (unpaired) electrons. The lowest BCUT2D eigenvalue weighted by Gasteiger charge is -2.43. The molecule has 12 atom stereocenters. The molecule has 13 heteroatoms. The van der Waals surface area contributed by atoms with Gasteiger partial charge in [0.05, 0.1) is 19.8 Å². The fourth-order valence-electron chi connectivity index (χ4n) is 3.15. The summed E-state index contributed by atoms with van der Waals surface area (Å²) in [5, 5.41) is 78.3. The Bertz CT molecular complexity index is 464. The van der Waals surface area contributed by atoms with Crippen molar-refractivity contribution in [3.63, 3.8) is 0 Å². The lowest BCUT2D eigenvalue weighted by molar-refractivity contribution is -0.346. The van der Waals surface area contributed by atoms with Gasteiger partial charge in [-0.1, -0.05) is 0 Å². The zero-order valence-corrected chi connectivity index (χ0v) is 14.7. The smallest absolute Gasteiger partial charge is 0.186 e. The second kappa shape index (κ2) is 9.09. The maximum absolute atomic E-state index is 10.3. The molecule has 0 aliphatic carbocycles. The first-order valence-electron chi connectivity index (χ1n) is 8.81. The summed E-state index contributed by atoms with van der Waals surface area (Å²) in [6.07, 6.45) is -17.3. The highest BCUT2D eigenvalue weighted by atomic mass is 16.7. The second-order valence-corrected chi connectivity index (χ2v) is 6.99. The first-order valence-corrected chi connectivity index (χ1v) is 8.81. The summed E-state index contributed by atoms with van der Waals surface area (Å²) in [7, 11) is 0. The van der Waals surface area contributed by atoms with Crippen LogP contribution >= 0.6 is 0 Å². The predicted octanol–water partition coefficient (Wildman–Crippen LogP) is -5.66. The van der Waals surface area contributed by atoms with Crippen LogP contribution in [-0.4, -0.2) is 134 Å². The molecule has 3 fully saturated rings. The van der Waals surface area contributed by atoms with E-state index in [0.717, 1.165) is 0 Å². The largest absolute Gasteiger partial charge is 0.388 e. The molecule has 0 amide bonds. The first kappa shape index (κ1) is 22.2. The van der Waals surface area contributed by atoms with E-state index in [-0.39, 0.29) is 19.8 Å². The summed E-state index contributed by atoms with van der Waals surface area (Å²) in [5.41, 5.74) is 0. The van der Waals surface area contributed by atoms with Gasteiger partial charge in [-0.3, -0.25) is 0 Å². The third kappa shape index (κ3) is 4.46. The minimum Gasteiger partial charge on any atom is -0.388 e. The topological polar surface area (TPSA) is 208 Å². The van der Waals surface area contributed by atoms with E-state index in [2.05, 4.69) is 0 Å². The molecule has 28 heavy (non-hydrogen) atoms. The Balaban J connectivity index is 1.54. The van der Waals surface area contributed by atoms with Gasteiger partial charge in [0, 0.05) is 0 Å². The third-order valence-corrected chi connectivity index (χ3v) is 4.96. The van der Waals surface area contributed by atoms with E-state index in [9.17, 15) is 40.9 Å². The van der Waals surface area contributed by atoms with Crippen molar-refractivity contribution in [1.29, 1.82) is 0 Å². The fraction of sp³-hybridized carbons (Fsp3) is 1.00. The molecule has 13 nitrogen and oxygen atoms in total. The number of hydrogen-bond acceptors (Lipinski definition) is 13. The van der Waals surface area contributed by atoms with E-state index in [1.165, 1.54) is 0 Å². The standard InChI is InChI=1S/C15H26O13/c16-4-1-25-14(11(21)7(4)17)28-6-3-26-15(12(22)9(6)19)27-5-2-24-13(23)10(20)8(5)18/h4-23H,1-3H2/t4-,5-,6+,7+,8+,9-,10-,11-,12+,13-,14-,15-/m1/s1. The quantitative estimate of drug-likeness (QED) is 0.216. The van der Waals surface area contributed by atoms with Crippen molar-refractivity contribution in [3.8, 4) is 0 Å². The van der Waals surface area contributed by atoms with E-state index in [1.807, 2.05) is 0 Å². The molecule has 0 bridgehead atoms. The van der Waals surface area contributed by atoms with Crippen molar-refractivity contribution in [3.05, 3.63) is 0 Å². The van der Waals surface area contributed by atoms with Crippen LogP contribution in [0.5, 0.6) is 0 Å². The van der Waals surface area contributed by atoms with Crippen molar-refractivity contribution in [2.75, 3.05) is 19.8 Å². The predicted molar refractivity (Wildman–Crippen MR) is 83.2 cm³/mol. The highest BCUT2D eigenvalue weighted by Gasteiger charge is 2.47. The molecule has 3 rings (SSSR count). The normalized spacial score (nSPS) is 53.1. The number of rotatable bonds is 4. The molecule has 0 aromatic rings. The summed E-state index contributed by atoms with van der Waals surface area (Å²) >= 11 is 0. The highest BCUT2D eigenvalue weighted by Crippen LogP contribution is 2.26. The van der Waals surface area contributed by atoms with Crippen LogP contribution in [0, 0.1) is 0 Å². The monoisotopic (exact) mass is 414 g/mol. The van der Waals surface area contributed by atoms with Crippen LogP contribution in [0.25, 0.3) is 0 Å². The third-order valence-electron chi connectivity index (χ3n) is 4.96. The van der Waals surface area contributed by atoms with Crippen molar-refractivity contribution in [2.24, 2.45) is 0 Å². The molecular weight excluding hydrogens is 388 g/mol. The van der Waals surface area contributed by atoms with Crippen molar-refractivity contribution >= 4 is 0 Å². The Kier molecular flexibility index (Phi) is 7.20. The fourth-order valence-corrected chi connectivity index (χ4v) is 3.15. The Morgan fingerprint density at radius 3 is 1.57 bits per heavy atom. The molecule has 164 valence electrons. The van der Waals surface area contributed by atoms with E-state index in [0.29, 0.717) is 0 Å². The van der Waals surface area contributed by atoms with Gasteiger partial charge in [-0.2, -0.15) is 0 Å². The Hall–Kier alpha value is -0.520. The van der Waals surface area contributed by atoms with Crippen molar-refractivity contribution in [1.82, 2.24) is 0 Å². The summed E-state index contributed by atoms with van der Waals surface area (Å²) in [4.78, 5) is 0. The van der Waals surface area contributed by atoms with E-state index < -0.39 is 73.8 Å². The van der Waals surface area contributed by atoms with Gasteiger partial charge in [-0.05, 0) is 0 Å². The lowest BCUT2D eigenvalue weighted by Crippen LogP contribution is -2.61. The summed E-state index contributed by atoms with van der Waals surface area (Å²) in [6.45, 7) is -0.887. The highest BCUT2D eigenvalue weighted by molar-refractivity contribution is 4.89. The SMILES string of the molecule is O[C@@H]1[C@@H](O[C@@H]2CO[C@@H](O)[C@H](O)[C@H]2O)OC[C@H](O[C@H]2OC[C@@H](O)[C@H](O)[C@H]2O)[C@H]1O. The molecule has 0 spiro atoms. The van der Waals surface area contributed by atoms with Crippen LogP contribution in [0.4, 0.5) is 0 Å². The lowest BCUT2D eigenvalue weighted by atomic mass is 10.0. The molecular formula is C15H26O13. The Morgan fingerprint density at radius 1 is 0.500 bits per heavy atom. The van der Waals surface area contributed by atoms with Crippen LogP contribution < -0.4 is 0 Å². The van der Waals surface area contributed by atoms with Gasteiger partial charge in [0.25, 0.3) is 0 Å². The van der Waals surface area contributed by atoms with Gasteiger partial charge in [-0.15, -0.1) is 0 Å². The number of ether oxygens (including phenoxy) is 5. The van der Waals surface area contributed by atoms with Crippen LogP contribution in [0.3, 0.4) is 0 Å². The van der Waals surface area contributed by atoms with Crippen LogP contribution in [0.2, 0.25) is 0 Å². The minimum absolute atomic E-state index is 0.287. The average molecular weight is 414 g/mol. The molecule has 3 saturated heterocycles. The van der Waals surface area contributed by atoms with Gasteiger partial charge in [0.2, 0.25) is 0 Å². The average Bonchev–Trinajstić information content (AvgIpc) is 2.68. The maximum atomic E-state index is 10.3. The molecule has 3 aliphatic heterocycles. The zero-order chi connectivity index (χ0) is 20.6. The molecule has 3 heterocycles. The minimum atomic E-state index is -1.63. The second-order valence-electron chi connectivity index (χ2n) is 6.99. The van der Waals surface area contributed by atoms with Crippen LogP contribution in [0.1, 0.15) is 0 Å². The molecule has 0 aromatic carbocycles. The summed E-state index contributed by atoms with van der Waals surface area (Å²) in [5.74, 6) is 0. The number of aliphatic hydroxyl groups excluding tert-OH is 8. The van der Waals surface area contributed by atoms with Crippen LogP contribution in [-0.2, 0) is 23.7 Å². The van der Waals surface area contributed by atoms with Crippen molar-refractivity contribution < 1.29 is 64.5 Å². The molecule has 3 aliphatic rings. The first-order chi connectivity index (χ1) is 13.2. The summed E-state index contributed by atoms with van der Waals surface area (Å²) < 4.78 is 25.9. The van der Waals surface area contributed by atoms with E-state index in [1.54, 1.807) is 0 Å². The van der Waals surface area contributed by atoms with Gasteiger partial charge >= 0.3 is 0 Å². The number of hydrogen-bond donors (Lipinski definition) is 8. The van der Waals surface area contributed by atoms with Crippen molar-refractivity contribution in [2.45, 2.75) is 73.8 Å². The van der Waals surface area contributed by atoms with Gasteiger partial charge < -0.3 is 64.5 Å². The Morgan fingerprint density at radius 2 is 0.964 bits per heavy atom. The molecule has 8 N–H and O–H groups in total. The zero-order valence-electron chi connectivity index (χ0n) is 14.7. The van der Waals surface area contributed by atoms with E-state index >= 15 is 0 Å².